The minimum absolute atomic E-state index is 0.364. The fourth-order valence-electron chi connectivity index (χ4n) is 1.77. The van der Waals surface area contributed by atoms with Crippen molar-refractivity contribution in [3.63, 3.8) is 0 Å². The van der Waals surface area contributed by atoms with Crippen molar-refractivity contribution in [2.75, 3.05) is 5.32 Å². The highest BCUT2D eigenvalue weighted by atomic mass is 35.5. The number of nitrogens with one attached hydrogen (secondary N) is 1. The molecule has 0 heterocycles. The van der Waals surface area contributed by atoms with E-state index in [9.17, 15) is 9.18 Å². The molecule has 0 bridgehead atoms. The molecule has 2 aromatic carbocycles. The lowest BCUT2D eigenvalue weighted by Gasteiger charge is -2.17. The molecule has 6 heteroatoms. The quantitative estimate of drug-likeness (QED) is 0.903. The van der Waals surface area contributed by atoms with E-state index in [4.69, 9.17) is 28.9 Å². The molecule has 0 aliphatic carbocycles. The van der Waals surface area contributed by atoms with Crippen LogP contribution < -0.4 is 11.1 Å². The van der Waals surface area contributed by atoms with Crippen LogP contribution in [0.15, 0.2) is 42.5 Å². The first-order valence-electron chi connectivity index (χ1n) is 5.73. The summed E-state index contributed by atoms with van der Waals surface area (Å²) in [5.74, 6) is -0.954. The molecule has 1 amide bonds. The lowest BCUT2D eigenvalue weighted by molar-refractivity contribution is -0.118. The number of carbonyl (C=O) groups is 1. The Hall–Kier alpha value is -1.78. The van der Waals surface area contributed by atoms with E-state index in [1.54, 1.807) is 18.2 Å². The van der Waals surface area contributed by atoms with E-state index in [-0.39, 0.29) is 5.82 Å². The van der Waals surface area contributed by atoms with Gasteiger partial charge in [-0.25, -0.2) is 4.39 Å². The van der Waals surface area contributed by atoms with Gasteiger partial charge in [0.05, 0.1) is 0 Å². The smallest absolute Gasteiger partial charge is 0.244 e. The number of nitrogens with two attached hydrogens (primary N) is 1. The highest BCUT2D eigenvalue weighted by Crippen LogP contribution is 2.26. The summed E-state index contributed by atoms with van der Waals surface area (Å²) in [6.07, 6.45) is 0. The molecule has 2 aromatic rings. The van der Waals surface area contributed by atoms with Crippen molar-refractivity contribution in [1.29, 1.82) is 0 Å². The summed E-state index contributed by atoms with van der Waals surface area (Å²) in [7, 11) is 0. The summed E-state index contributed by atoms with van der Waals surface area (Å²) >= 11 is 11.8. The van der Waals surface area contributed by atoms with Gasteiger partial charge < -0.3 is 11.1 Å². The Morgan fingerprint density at radius 3 is 2.15 bits per heavy atom. The van der Waals surface area contributed by atoms with E-state index in [2.05, 4.69) is 5.32 Å². The second-order valence-corrected chi connectivity index (χ2v) is 5.06. The van der Waals surface area contributed by atoms with Gasteiger partial charge in [0.15, 0.2) is 0 Å². The molecule has 20 heavy (non-hydrogen) atoms. The standard InChI is InChI=1S/C14H11Cl2FN2O/c15-9-5-8(6-10(16)7-9)13(14(18)20)19-12-3-1-11(17)2-4-12/h1-7,13,19H,(H2,18,20). The highest BCUT2D eigenvalue weighted by Gasteiger charge is 2.18. The maximum atomic E-state index is 12.9. The Morgan fingerprint density at radius 1 is 1.10 bits per heavy atom. The molecule has 0 aromatic heterocycles. The molecule has 2 rings (SSSR count). The first-order chi connectivity index (χ1) is 9.45. The van der Waals surface area contributed by atoms with Gasteiger partial charge in [-0.3, -0.25) is 4.79 Å². The second kappa shape index (κ2) is 6.11. The zero-order valence-electron chi connectivity index (χ0n) is 10.2. The van der Waals surface area contributed by atoms with Crippen molar-refractivity contribution in [2.24, 2.45) is 5.73 Å². The largest absolute Gasteiger partial charge is 0.370 e. The Kier molecular flexibility index (Phi) is 4.47. The van der Waals surface area contributed by atoms with Crippen LogP contribution >= 0.6 is 23.2 Å². The van der Waals surface area contributed by atoms with E-state index in [1.165, 1.54) is 24.3 Å². The summed E-state index contributed by atoms with van der Waals surface area (Å²) < 4.78 is 12.9. The highest BCUT2D eigenvalue weighted by molar-refractivity contribution is 6.34. The van der Waals surface area contributed by atoms with E-state index in [0.29, 0.717) is 21.3 Å². The molecular formula is C14H11Cl2FN2O. The normalized spacial score (nSPS) is 11.9. The number of carbonyl (C=O) groups excluding carboxylic acids is 1. The van der Waals surface area contributed by atoms with Crippen LogP contribution in [0.4, 0.5) is 10.1 Å². The maximum absolute atomic E-state index is 12.9. The van der Waals surface area contributed by atoms with Crippen LogP contribution in [0.3, 0.4) is 0 Å². The van der Waals surface area contributed by atoms with Crippen LogP contribution in [-0.2, 0) is 4.79 Å². The van der Waals surface area contributed by atoms with E-state index in [1.807, 2.05) is 0 Å². The van der Waals surface area contributed by atoms with Gasteiger partial charge in [0, 0.05) is 15.7 Å². The van der Waals surface area contributed by atoms with Crippen molar-refractivity contribution >= 4 is 34.8 Å². The number of hydrogen-bond donors (Lipinski definition) is 2. The summed E-state index contributed by atoms with van der Waals surface area (Å²) in [5, 5.41) is 3.72. The molecule has 0 saturated heterocycles. The maximum Gasteiger partial charge on any atom is 0.244 e. The van der Waals surface area contributed by atoms with Crippen molar-refractivity contribution in [3.05, 3.63) is 63.9 Å². The lowest BCUT2D eigenvalue weighted by Crippen LogP contribution is -2.27. The molecule has 0 saturated carbocycles. The Labute approximate surface area is 125 Å². The SMILES string of the molecule is NC(=O)C(Nc1ccc(F)cc1)c1cc(Cl)cc(Cl)c1. The zero-order valence-corrected chi connectivity index (χ0v) is 11.8. The number of amides is 1. The molecule has 0 aliphatic heterocycles. The van der Waals surface area contributed by atoms with Gasteiger partial charge in [0.2, 0.25) is 5.91 Å². The van der Waals surface area contributed by atoms with E-state index < -0.39 is 11.9 Å². The summed E-state index contributed by atoms with van der Waals surface area (Å²) in [4.78, 5) is 11.6. The molecule has 0 aliphatic rings. The van der Waals surface area contributed by atoms with Crippen molar-refractivity contribution in [2.45, 2.75) is 6.04 Å². The number of hydrogen-bond acceptors (Lipinski definition) is 2. The topological polar surface area (TPSA) is 55.1 Å². The van der Waals surface area contributed by atoms with Gasteiger partial charge in [0.25, 0.3) is 0 Å². The summed E-state index contributed by atoms with van der Waals surface area (Å²) in [6, 6.07) is 9.53. The van der Waals surface area contributed by atoms with Crippen LogP contribution in [0.2, 0.25) is 10.0 Å². The lowest BCUT2D eigenvalue weighted by atomic mass is 10.1. The minimum atomic E-state index is -0.809. The van der Waals surface area contributed by atoms with Crippen LogP contribution in [0, 0.1) is 5.82 Å². The van der Waals surface area contributed by atoms with Crippen LogP contribution in [0.25, 0.3) is 0 Å². The minimum Gasteiger partial charge on any atom is -0.370 e. The molecule has 1 unspecified atom stereocenters. The zero-order chi connectivity index (χ0) is 14.7. The average molecular weight is 313 g/mol. The molecule has 0 radical (unpaired) electrons. The van der Waals surface area contributed by atoms with Gasteiger partial charge in [-0.1, -0.05) is 23.2 Å². The molecular weight excluding hydrogens is 302 g/mol. The third-order valence-electron chi connectivity index (χ3n) is 2.66. The van der Waals surface area contributed by atoms with Crippen molar-refractivity contribution in [3.8, 4) is 0 Å². The Balaban J connectivity index is 2.31. The Morgan fingerprint density at radius 2 is 1.65 bits per heavy atom. The molecule has 0 fully saturated rings. The van der Waals surface area contributed by atoms with Crippen molar-refractivity contribution in [1.82, 2.24) is 0 Å². The summed E-state index contributed by atoms with van der Waals surface area (Å²) in [5.41, 5.74) is 6.49. The third-order valence-corrected chi connectivity index (χ3v) is 3.09. The number of benzene rings is 2. The third kappa shape index (κ3) is 3.62. The van der Waals surface area contributed by atoms with E-state index >= 15 is 0 Å². The first-order valence-corrected chi connectivity index (χ1v) is 6.49. The number of anilines is 1. The van der Waals surface area contributed by atoms with Crippen LogP contribution in [0.1, 0.15) is 11.6 Å². The molecule has 1 atom stereocenters. The Bertz CT molecular complexity index is 611. The number of halogens is 3. The van der Waals surface area contributed by atoms with Crippen LogP contribution in [0.5, 0.6) is 0 Å². The molecule has 3 N–H and O–H groups in total. The van der Waals surface area contributed by atoms with Crippen LogP contribution in [-0.4, -0.2) is 5.91 Å². The monoisotopic (exact) mass is 312 g/mol. The predicted molar refractivity (Wildman–Crippen MR) is 78.4 cm³/mol. The van der Waals surface area contributed by atoms with Gasteiger partial charge in [-0.15, -0.1) is 0 Å². The fraction of sp³-hybridized carbons (Fsp3) is 0.0714. The fourth-order valence-corrected chi connectivity index (χ4v) is 2.32. The predicted octanol–water partition coefficient (Wildman–Crippen LogP) is 3.77. The van der Waals surface area contributed by atoms with Gasteiger partial charge in [-0.2, -0.15) is 0 Å². The summed E-state index contributed by atoms with van der Waals surface area (Å²) in [6.45, 7) is 0. The number of primary amides is 1. The molecule has 0 spiro atoms. The second-order valence-electron chi connectivity index (χ2n) is 4.19. The van der Waals surface area contributed by atoms with Gasteiger partial charge >= 0.3 is 0 Å². The van der Waals surface area contributed by atoms with Gasteiger partial charge in [-0.05, 0) is 48.0 Å². The average Bonchev–Trinajstić information content (AvgIpc) is 2.36. The van der Waals surface area contributed by atoms with E-state index in [0.717, 1.165) is 0 Å². The number of rotatable bonds is 4. The van der Waals surface area contributed by atoms with Gasteiger partial charge in [0.1, 0.15) is 11.9 Å². The molecule has 104 valence electrons. The molecule has 3 nitrogen and oxygen atoms in total. The van der Waals surface area contributed by atoms with Crippen molar-refractivity contribution < 1.29 is 9.18 Å². The first kappa shape index (κ1) is 14.6.